The van der Waals surface area contributed by atoms with Gasteiger partial charge in [0.2, 0.25) is 6.33 Å². The Morgan fingerprint density at radius 3 is 2.60 bits per heavy atom. The monoisotopic (exact) mass is 272 g/mol. The lowest BCUT2D eigenvalue weighted by Crippen LogP contribution is -2.31. The first kappa shape index (κ1) is 14.8. The van der Waals surface area contributed by atoms with Gasteiger partial charge in [0, 0.05) is 0 Å². The molecule has 3 nitrogen and oxygen atoms in total. The van der Waals surface area contributed by atoms with E-state index in [0.717, 1.165) is 13.1 Å². The lowest BCUT2D eigenvalue weighted by molar-refractivity contribution is -0.696. The molecule has 0 amide bonds. The van der Waals surface area contributed by atoms with Crippen LogP contribution in [0.25, 0.3) is 0 Å². The van der Waals surface area contributed by atoms with Crippen molar-refractivity contribution in [1.29, 1.82) is 0 Å². The molecule has 0 aliphatic rings. The normalized spacial score (nSPS) is 11.2. The number of hydrogen-bond acceptors (Lipinski definition) is 1. The maximum Gasteiger partial charge on any atom is 0.244 e. The Kier molecular flexibility index (Phi) is 5.81. The third-order valence-electron chi connectivity index (χ3n) is 3.48. The molecule has 0 saturated heterocycles. The highest BCUT2D eigenvalue weighted by Crippen LogP contribution is 2.01. The molecule has 0 fully saturated rings. The van der Waals surface area contributed by atoms with Crippen molar-refractivity contribution in [3.8, 4) is 0 Å². The van der Waals surface area contributed by atoms with E-state index in [-0.39, 0.29) is 0 Å². The predicted molar refractivity (Wildman–Crippen MR) is 82.6 cm³/mol. The lowest BCUT2D eigenvalue weighted by Gasteiger charge is -2.07. The van der Waals surface area contributed by atoms with Crippen LogP contribution in [-0.4, -0.2) is 30.1 Å². The molecule has 3 heteroatoms. The van der Waals surface area contributed by atoms with Crippen LogP contribution < -0.4 is 4.57 Å². The molecular formula is C17H26N3+. The standard InChI is InChI=1S/C17H26N3/c1-18(2)11-7-4-8-12-19-13-14-20(16-19)15-17-9-5-3-6-10-17/h3,5-6,9-10,13-14,16H,4,7-8,11-12,15H2,1-2H3/q+1. The minimum atomic E-state index is 0.953. The first-order valence-corrected chi connectivity index (χ1v) is 7.47. The van der Waals surface area contributed by atoms with Gasteiger partial charge in [0.15, 0.2) is 0 Å². The van der Waals surface area contributed by atoms with E-state index in [9.17, 15) is 0 Å². The van der Waals surface area contributed by atoms with Gasteiger partial charge < -0.3 is 4.90 Å². The van der Waals surface area contributed by atoms with E-state index in [1.807, 2.05) is 0 Å². The molecule has 20 heavy (non-hydrogen) atoms. The van der Waals surface area contributed by atoms with E-state index in [1.165, 1.54) is 31.4 Å². The average Bonchev–Trinajstić information content (AvgIpc) is 2.87. The van der Waals surface area contributed by atoms with Crippen LogP contribution in [-0.2, 0) is 13.1 Å². The Morgan fingerprint density at radius 2 is 1.85 bits per heavy atom. The molecule has 1 heterocycles. The zero-order chi connectivity index (χ0) is 14.2. The maximum atomic E-state index is 2.29. The summed E-state index contributed by atoms with van der Waals surface area (Å²) in [7, 11) is 4.27. The van der Waals surface area contributed by atoms with Crippen molar-refractivity contribution in [1.82, 2.24) is 9.47 Å². The summed E-state index contributed by atoms with van der Waals surface area (Å²) >= 11 is 0. The second-order valence-corrected chi connectivity index (χ2v) is 5.67. The zero-order valence-electron chi connectivity index (χ0n) is 12.7. The van der Waals surface area contributed by atoms with Crippen molar-refractivity contribution in [3.05, 3.63) is 54.6 Å². The summed E-state index contributed by atoms with van der Waals surface area (Å²) in [5.74, 6) is 0. The molecule has 0 spiro atoms. The molecule has 108 valence electrons. The fourth-order valence-corrected chi connectivity index (χ4v) is 2.36. The second kappa shape index (κ2) is 7.85. The van der Waals surface area contributed by atoms with Crippen LogP contribution in [0.1, 0.15) is 24.8 Å². The highest BCUT2D eigenvalue weighted by atomic mass is 15.1. The highest BCUT2D eigenvalue weighted by Gasteiger charge is 2.04. The number of aryl methyl sites for hydroxylation is 1. The van der Waals surface area contributed by atoms with Gasteiger partial charge >= 0.3 is 0 Å². The van der Waals surface area contributed by atoms with Gasteiger partial charge in [-0.2, -0.15) is 0 Å². The molecule has 0 aliphatic carbocycles. The summed E-state index contributed by atoms with van der Waals surface area (Å²) in [4.78, 5) is 2.25. The van der Waals surface area contributed by atoms with Crippen LogP contribution in [0.4, 0.5) is 0 Å². The molecule has 0 unspecified atom stereocenters. The topological polar surface area (TPSA) is 12.1 Å². The highest BCUT2D eigenvalue weighted by molar-refractivity contribution is 5.14. The van der Waals surface area contributed by atoms with Gasteiger partial charge in [0.1, 0.15) is 18.9 Å². The van der Waals surface area contributed by atoms with Crippen LogP contribution in [0, 0.1) is 0 Å². The smallest absolute Gasteiger partial charge is 0.244 e. The summed E-state index contributed by atoms with van der Waals surface area (Å²) in [5, 5.41) is 0. The molecule has 0 N–H and O–H groups in total. The van der Waals surface area contributed by atoms with Crippen molar-refractivity contribution in [2.45, 2.75) is 32.4 Å². The average molecular weight is 272 g/mol. The summed E-state index contributed by atoms with van der Waals surface area (Å²) in [6.45, 7) is 3.27. The van der Waals surface area contributed by atoms with E-state index in [2.05, 4.69) is 77.2 Å². The van der Waals surface area contributed by atoms with E-state index in [4.69, 9.17) is 0 Å². The van der Waals surface area contributed by atoms with Gasteiger partial charge in [0.05, 0.1) is 6.54 Å². The molecular weight excluding hydrogens is 246 g/mol. The van der Waals surface area contributed by atoms with Crippen molar-refractivity contribution in [3.63, 3.8) is 0 Å². The number of hydrogen-bond donors (Lipinski definition) is 0. The Labute approximate surface area is 122 Å². The van der Waals surface area contributed by atoms with Crippen molar-refractivity contribution < 1.29 is 4.57 Å². The Hall–Kier alpha value is -1.61. The largest absolute Gasteiger partial charge is 0.309 e. The van der Waals surface area contributed by atoms with Gasteiger partial charge in [-0.3, -0.25) is 0 Å². The third kappa shape index (κ3) is 5.17. The minimum absolute atomic E-state index is 0.953. The number of nitrogens with zero attached hydrogens (tertiary/aromatic N) is 3. The van der Waals surface area contributed by atoms with Crippen LogP contribution in [0.2, 0.25) is 0 Å². The lowest BCUT2D eigenvalue weighted by atomic mass is 10.2. The van der Waals surface area contributed by atoms with Gasteiger partial charge in [-0.1, -0.05) is 30.3 Å². The molecule has 0 atom stereocenters. The van der Waals surface area contributed by atoms with Crippen molar-refractivity contribution in [2.24, 2.45) is 0 Å². The number of aromatic nitrogens is 2. The molecule has 1 aromatic carbocycles. The Balaban J connectivity index is 1.72. The molecule has 1 aromatic heterocycles. The number of unbranched alkanes of at least 4 members (excludes halogenated alkanes) is 2. The van der Waals surface area contributed by atoms with Gasteiger partial charge in [0.25, 0.3) is 0 Å². The summed E-state index contributed by atoms with van der Waals surface area (Å²) < 4.78 is 4.54. The van der Waals surface area contributed by atoms with Gasteiger partial charge in [-0.25, -0.2) is 9.13 Å². The molecule has 2 aromatic rings. The fourth-order valence-electron chi connectivity index (χ4n) is 2.36. The molecule has 0 bridgehead atoms. The summed E-state index contributed by atoms with van der Waals surface area (Å²) in [5.41, 5.74) is 1.35. The number of rotatable bonds is 8. The first-order chi connectivity index (χ1) is 9.74. The van der Waals surface area contributed by atoms with E-state index in [1.54, 1.807) is 0 Å². The summed E-state index contributed by atoms with van der Waals surface area (Å²) in [6.07, 6.45) is 10.4. The fraction of sp³-hybridized carbons (Fsp3) is 0.471. The van der Waals surface area contributed by atoms with Gasteiger partial charge in [-0.05, 0) is 45.5 Å². The predicted octanol–water partition coefficient (Wildman–Crippen LogP) is 2.56. The van der Waals surface area contributed by atoms with Crippen LogP contribution in [0.5, 0.6) is 0 Å². The molecule has 0 saturated carbocycles. The third-order valence-corrected chi connectivity index (χ3v) is 3.48. The summed E-state index contributed by atoms with van der Waals surface area (Å²) in [6, 6.07) is 10.6. The van der Waals surface area contributed by atoms with Crippen molar-refractivity contribution >= 4 is 0 Å². The van der Waals surface area contributed by atoms with E-state index >= 15 is 0 Å². The van der Waals surface area contributed by atoms with Crippen LogP contribution in [0.15, 0.2) is 49.1 Å². The molecule has 0 aliphatic heterocycles. The van der Waals surface area contributed by atoms with E-state index in [0.29, 0.717) is 0 Å². The quantitative estimate of drug-likeness (QED) is 0.531. The maximum absolute atomic E-state index is 2.29. The number of imidazole rings is 1. The Bertz CT molecular complexity index is 488. The van der Waals surface area contributed by atoms with Crippen LogP contribution >= 0.6 is 0 Å². The number of benzene rings is 1. The molecule has 0 radical (unpaired) electrons. The van der Waals surface area contributed by atoms with E-state index < -0.39 is 0 Å². The zero-order valence-corrected chi connectivity index (χ0v) is 12.7. The first-order valence-electron chi connectivity index (χ1n) is 7.47. The van der Waals surface area contributed by atoms with Crippen molar-refractivity contribution in [2.75, 3.05) is 20.6 Å². The van der Waals surface area contributed by atoms with Crippen LogP contribution in [0.3, 0.4) is 0 Å². The SMILES string of the molecule is CN(C)CCCCC[n+]1ccn(Cc2ccccc2)c1. The van der Waals surface area contributed by atoms with Gasteiger partial charge in [-0.15, -0.1) is 0 Å². The Morgan fingerprint density at radius 1 is 1.05 bits per heavy atom. The second-order valence-electron chi connectivity index (χ2n) is 5.67. The minimum Gasteiger partial charge on any atom is -0.309 e. The molecule has 2 rings (SSSR count).